The van der Waals surface area contributed by atoms with Crippen molar-refractivity contribution in [2.45, 2.75) is 37.6 Å². The molecule has 0 saturated heterocycles. The Kier molecular flexibility index (Phi) is 2.17. The highest BCUT2D eigenvalue weighted by atomic mass is 19.3. The minimum absolute atomic E-state index is 0.000249. The van der Waals surface area contributed by atoms with Crippen LogP contribution in [0.4, 0.5) is 14.5 Å². The smallest absolute Gasteiger partial charge is 0.250 e. The quantitative estimate of drug-likeness (QED) is 0.757. The fourth-order valence-corrected chi connectivity index (χ4v) is 1.92. The maximum absolute atomic E-state index is 13.1. The zero-order valence-corrected chi connectivity index (χ0v) is 7.79. The van der Waals surface area contributed by atoms with E-state index in [1.165, 1.54) is 6.20 Å². The van der Waals surface area contributed by atoms with Crippen molar-refractivity contribution in [2.24, 2.45) is 0 Å². The molecule has 1 unspecified atom stereocenters. The van der Waals surface area contributed by atoms with Crippen LogP contribution in [0.5, 0.6) is 0 Å². The van der Waals surface area contributed by atoms with Crippen LogP contribution in [0.15, 0.2) is 12.4 Å². The van der Waals surface area contributed by atoms with Gasteiger partial charge in [-0.25, -0.2) is 8.78 Å². The van der Waals surface area contributed by atoms with Gasteiger partial charge in [0.25, 0.3) is 0 Å². The van der Waals surface area contributed by atoms with Gasteiger partial charge in [-0.3, -0.25) is 4.68 Å². The first-order valence-electron chi connectivity index (χ1n) is 4.74. The predicted molar refractivity (Wildman–Crippen MR) is 49.1 cm³/mol. The molecule has 0 bridgehead atoms. The van der Waals surface area contributed by atoms with Crippen molar-refractivity contribution in [3.8, 4) is 0 Å². The van der Waals surface area contributed by atoms with E-state index in [2.05, 4.69) is 5.10 Å². The van der Waals surface area contributed by atoms with Crippen molar-refractivity contribution in [1.82, 2.24) is 9.78 Å². The van der Waals surface area contributed by atoms with E-state index in [1.807, 2.05) is 0 Å². The van der Waals surface area contributed by atoms with Gasteiger partial charge in [0, 0.05) is 19.0 Å². The highest BCUT2D eigenvalue weighted by Crippen LogP contribution is 2.38. The van der Waals surface area contributed by atoms with Gasteiger partial charge in [0.05, 0.1) is 17.9 Å². The lowest BCUT2D eigenvalue weighted by molar-refractivity contribution is -0.0512. The molecule has 0 amide bonds. The molecule has 1 atom stereocenters. The van der Waals surface area contributed by atoms with Crippen LogP contribution in [-0.2, 0) is 0 Å². The second-order valence-electron chi connectivity index (χ2n) is 3.86. The third-order valence-electron chi connectivity index (χ3n) is 2.61. The molecule has 3 nitrogen and oxygen atoms in total. The standard InChI is InChI=1S/C9H13F2N3/c10-9(11)3-1-2-8(4-9)14-6-7(12)5-13-14/h5-6,8H,1-4,12H2. The van der Waals surface area contributed by atoms with Crippen molar-refractivity contribution in [3.63, 3.8) is 0 Å². The predicted octanol–water partition coefficient (Wildman–Crippen LogP) is 2.22. The summed E-state index contributed by atoms with van der Waals surface area (Å²) in [6.07, 6.45) is 4.31. The van der Waals surface area contributed by atoms with Crippen LogP contribution in [-0.4, -0.2) is 15.7 Å². The van der Waals surface area contributed by atoms with Crippen LogP contribution in [0.2, 0.25) is 0 Å². The number of rotatable bonds is 1. The summed E-state index contributed by atoms with van der Waals surface area (Å²) in [6.45, 7) is 0. The van der Waals surface area contributed by atoms with Crippen molar-refractivity contribution < 1.29 is 8.78 Å². The maximum atomic E-state index is 13.1. The van der Waals surface area contributed by atoms with Crippen LogP contribution < -0.4 is 5.73 Å². The fourth-order valence-electron chi connectivity index (χ4n) is 1.92. The highest BCUT2D eigenvalue weighted by molar-refractivity contribution is 5.30. The molecule has 5 heteroatoms. The summed E-state index contributed by atoms with van der Waals surface area (Å²) in [5, 5.41) is 3.96. The van der Waals surface area contributed by atoms with Crippen molar-refractivity contribution >= 4 is 5.69 Å². The van der Waals surface area contributed by atoms with Gasteiger partial charge in [0.1, 0.15) is 0 Å². The molecule has 1 aromatic rings. The number of hydrogen-bond donors (Lipinski definition) is 1. The molecule has 78 valence electrons. The molecule has 1 saturated carbocycles. The number of nitrogen functional groups attached to an aromatic ring is 1. The molecule has 2 N–H and O–H groups in total. The van der Waals surface area contributed by atoms with Crippen LogP contribution >= 0.6 is 0 Å². The van der Waals surface area contributed by atoms with E-state index >= 15 is 0 Å². The summed E-state index contributed by atoms with van der Waals surface area (Å²) in [6, 6.07) is -0.198. The van der Waals surface area contributed by atoms with E-state index in [1.54, 1.807) is 10.9 Å². The van der Waals surface area contributed by atoms with Crippen LogP contribution in [0.1, 0.15) is 31.7 Å². The van der Waals surface area contributed by atoms with Gasteiger partial charge < -0.3 is 5.73 Å². The Morgan fingerprint density at radius 1 is 1.57 bits per heavy atom. The molecule has 1 aliphatic rings. The highest BCUT2D eigenvalue weighted by Gasteiger charge is 2.37. The van der Waals surface area contributed by atoms with E-state index in [0.29, 0.717) is 12.1 Å². The molecule has 2 rings (SSSR count). The monoisotopic (exact) mass is 201 g/mol. The molecular formula is C9H13F2N3. The van der Waals surface area contributed by atoms with Crippen LogP contribution in [0, 0.1) is 0 Å². The summed E-state index contributed by atoms with van der Waals surface area (Å²) in [5.74, 6) is -2.54. The summed E-state index contributed by atoms with van der Waals surface area (Å²) < 4.78 is 27.7. The minimum Gasteiger partial charge on any atom is -0.396 e. The minimum atomic E-state index is -2.54. The average molecular weight is 201 g/mol. The first-order valence-corrected chi connectivity index (χ1v) is 4.74. The number of alkyl halides is 2. The number of nitrogens with two attached hydrogens (primary N) is 1. The van der Waals surface area contributed by atoms with Crippen LogP contribution in [0.25, 0.3) is 0 Å². The summed E-state index contributed by atoms with van der Waals surface area (Å²) in [4.78, 5) is 0. The lowest BCUT2D eigenvalue weighted by Crippen LogP contribution is -2.28. The van der Waals surface area contributed by atoms with Crippen LogP contribution in [0.3, 0.4) is 0 Å². The fraction of sp³-hybridized carbons (Fsp3) is 0.667. The van der Waals surface area contributed by atoms with E-state index < -0.39 is 5.92 Å². The summed E-state index contributed by atoms with van der Waals surface area (Å²) in [7, 11) is 0. The molecular weight excluding hydrogens is 188 g/mol. The zero-order chi connectivity index (χ0) is 10.2. The Balaban J connectivity index is 2.12. The zero-order valence-electron chi connectivity index (χ0n) is 7.79. The molecule has 0 spiro atoms. The largest absolute Gasteiger partial charge is 0.396 e. The molecule has 1 heterocycles. The molecule has 0 aromatic carbocycles. The lowest BCUT2D eigenvalue weighted by atomic mass is 9.92. The molecule has 14 heavy (non-hydrogen) atoms. The molecule has 1 aromatic heterocycles. The topological polar surface area (TPSA) is 43.8 Å². The second-order valence-corrected chi connectivity index (χ2v) is 3.86. The van der Waals surface area contributed by atoms with Crippen molar-refractivity contribution in [1.29, 1.82) is 0 Å². The van der Waals surface area contributed by atoms with Gasteiger partial charge in [0.15, 0.2) is 0 Å². The lowest BCUT2D eigenvalue weighted by Gasteiger charge is -2.28. The first-order chi connectivity index (χ1) is 6.57. The van der Waals surface area contributed by atoms with Gasteiger partial charge in [-0.05, 0) is 12.8 Å². The molecule has 1 fully saturated rings. The first kappa shape index (κ1) is 9.43. The maximum Gasteiger partial charge on any atom is 0.250 e. The van der Waals surface area contributed by atoms with Gasteiger partial charge in [-0.15, -0.1) is 0 Å². The summed E-state index contributed by atoms with van der Waals surface area (Å²) >= 11 is 0. The van der Waals surface area contributed by atoms with Gasteiger partial charge in [-0.2, -0.15) is 5.10 Å². The van der Waals surface area contributed by atoms with Gasteiger partial charge >= 0.3 is 0 Å². The average Bonchev–Trinajstić information content (AvgIpc) is 2.50. The normalized spacial score (nSPS) is 26.3. The molecule has 1 aliphatic carbocycles. The van der Waals surface area contributed by atoms with Gasteiger partial charge in [-0.1, -0.05) is 0 Å². The number of halogens is 2. The Morgan fingerprint density at radius 3 is 2.93 bits per heavy atom. The third-order valence-corrected chi connectivity index (χ3v) is 2.61. The molecule has 0 aliphatic heterocycles. The van der Waals surface area contributed by atoms with Crippen molar-refractivity contribution in [3.05, 3.63) is 12.4 Å². The number of hydrogen-bond acceptors (Lipinski definition) is 2. The number of aromatic nitrogens is 2. The van der Waals surface area contributed by atoms with E-state index in [0.717, 1.165) is 6.42 Å². The number of nitrogens with zero attached hydrogens (tertiary/aromatic N) is 2. The van der Waals surface area contributed by atoms with E-state index in [9.17, 15) is 8.78 Å². The number of anilines is 1. The van der Waals surface area contributed by atoms with E-state index in [-0.39, 0.29) is 18.9 Å². The second kappa shape index (κ2) is 3.22. The van der Waals surface area contributed by atoms with Gasteiger partial charge in [0.2, 0.25) is 5.92 Å². The Labute approximate surface area is 80.9 Å². The third kappa shape index (κ3) is 1.86. The van der Waals surface area contributed by atoms with Crippen molar-refractivity contribution in [2.75, 3.05) is 5.73 Å². The summed E-state index contributed by atoms with van der Waals surface area (Å²) in [5.41, 5.74) is 6.01. The Hall–Kier alpha value is -1.13. The Bertz CT molecular complexity index is 322. The van der Waals surface area contributed by atoms with E-state index in [4.69, 9.17) is 5.73 Å². The Morgan fingerprint density at radius 2 is 2.36 bits per heavy atom. The molecule has 0 radical (unpaired) electrons. The SMILES string of the molecule is Nc1cnn(C2CCCC(F)(F)C2)c1.